The number of fused-ring (bicyclic) bond motifs is 1. The molecule has 32 heavy (non-hydrogen) atoms. The summed E-state index contributed by atoms with van der Waals surface area (Å²) in [6.07, 6.45) is 1.81. The Morgan fingerprint density at radius 3 is 2.62 bits per heavy atom. The summed E-state index contributed by atoms with van der Waals surface area (Å²) in [7, 11) is 0. The van der Waals surface area contributed by atoms with Crippen LogP contribution in [0.25, 0.3) is 0 Å². The summed E-state index contributed by atoms with van der Waals surface area (Å²) >= 11 is 0. The second-order valence-corrected chi connectivity index (χ2v) is 8.54. The van der Waals surface area contributed by atoms with Crippen molar-refractivity contribution in [2.45, 2.75) is 37.8 Å². The van der Waals surface area contributed by atoms with Crippen LogP contribution in [0.4, 0.5) is 4.79 Å². The monoisotopic (exact) mass is 436 g/mol. The molecule has 0 aromatic heterocycles. The zero-order valence-electron chi connectivity index (χ0n) is 18.1. The highest BCUT2D eigenvalue weighted by molar-refractivity contribution is 6.07. The van der Waals surface area contributed by atoms with E-state index in [-0.39, 0.29) is 19.2 Å². The van der Waals surface area contributed by atoms with Crippen molar-refractivity contribution < 1.29 is 19.5 Å². The van der Waals surface area contributed by atoms with Gasteiger partial charge in [-0.3, -0.25) is 19.9 Å². The van der Waals surface area contributed by atoms with Crippen molar-refractivity contribution in [2.24, 2.45) is 0 Å². The van der Waals surface area contributed by atoms with Gasteiger partial charge in [-0.25, -0.2) is 4.79 Å². The topological polar surface area (TPSA) is 102 Å². The Morgan fingerprint density at radius 1 is 1.16 bits per heavy atom. The summed E-state index contributed by atoms with van der Waals surface area (Å²) in [6.45, 7) is 2.12. The van der Waals surface area contributed by atoms with Crippen molar-refractivity contribution in [1.29, 1.82) is 0 Å². The third-order valence-electron chi connectivity index (χ3n) is 6.30. The minimum atomic E-state index is -1.09. The number of rotatable bonds is 7. The van der Waals surface area contributed by atoms with E-state index in [9.17, 15) is 19.5 Å². The quantitative estimate of drug-likeness (QED) is 0.572. The molecule has 3 N–H and O–H groups in total. The van der Waals surface area contributed by atoms with Gasteiger partial charge in [0.25, 0.3) is 11.8 Å². The molecular formula is C24H28N4O4. The van der Waals surface area contributed by atoms with Gasteiger partial charge in [-0.2, -0.15) is 5.01 Å². The van der Waals surface area contributed by atoms with Gasteiger partial charge in [0, 0.05) is 6.54 Å². The number of aryl methyl sites for hydroxylation is 1. The number of amides is 4. The van der Waals surface area contributed by atoms with E-state index in [0.29, 0.717) is 19.4 Å². The maximum absolute atomic E-state index is 12.9. The molecule has 4 rings (SSSR count). The van der Waals surface area contributed by atoms with Crippen LogP contribution in [-0.4, -0.2) is 58.1 Å². The molecular weight excluding hydrogens is 408 g/mol. The molecule has 2 heterocycles. The van der Waals surface area contributed by atoms with Crippen LogP contribution in [0.1, 0.15) is 36.1 Å². The van der Waals surface area contributed by atoms with Crippen LogP contribution >= 0.6 is 0 Å². The molecule has 168 valence electrons. The maximum Gasteiger partial charge on any atom is 0.344 e. The second kappa shape index (κ2) is 9.10. The molecule has 8 heteroatoms. The predicted molar refractivity (Wildman–Crippen MR) is 118 cm³/mol. The highest BCUT2D eigenvalue weighted by atomic mass is 16.3. The Balaban J connectivity index is 1.38. The lowest BCUT2D eigenvalue weighted by atomic mass is 9.93. The zero-order chi connectivity index (χ0) is 22.7. The van der Waals surface area contributed by atoms with E-state index in [4.69, 9.17) is 0 Å². The van der Waals surface area contributed by atoms with E-state index >= 15 is 0 Å². The van der Waals surface area contributed by atoms with Crippen LogP contribution in [-0.2, 0) is 22.4 Å². The fourth-order valence-corrected chi connectivity index (χ4v) is 4.45. The Bertz CT molecular complexity index is 1010. The summed E-state index contributed by atoms with van der Waals surface area (Å²) in [5.41, 5.74) is 4.60. The van der Waals surface area contributed by atoms with Crippen molar-refractivity contribution >= 4 is 17.8 Å². The molecule has 2 aliphatic rings. The smallest absolute Gasteiger partial charge is 0.344 e. The van der Waals surface area contributed by atoms with Gasteiger partial charge in [0.1, 0.15) is 5.54 Å². The Kier molecular flexibility index (Phi) is 6.25. The number of hydrogen-bond donors (Lipinski definition) is 3. The molecule has 8 nitrogen and oxygen atoms in total. The van der Waals surface area contributed by atoms with Crippen LogP contribution < -0.4 is 10.7 Å². The minimum Gasteiger partial charge on any atom is -0.394 e. The first-order valence-electron chi connectivity index (χ1n) is 10.8. The predicted octanol–water partition coefficient (Wildman–Crippen LogP) is 1.55. The van der Waals surface area contributed by atoms with Gasteiger partial charge >= 0.3 is 6.03 Å². The number of carbonyl (C=O) groups excluding carboxylic acids is 3. The van der Waals surface area contributed by atoms with Crippen molar-refractivity contribution in [3.05, 3.63) is 71.3 Å². The number of hydrogen-bond acceptors (Lipinski definition) is 5. The first-order chi connectivity index (χ1) is 15.4. The number of imide groups is 1. The van der Waals surface area contributed by atoms with Crippen LogP contribution in [0.15, 0.2) is 54.6 Å². The van der Waals surface area contributed by atoms with Gasteiger partial charge in [0.05, 0.1) is 19.2 Å². The normalized spacial score (nSPS) is 23.1. The lowest BCUT2D eigenvalue weighted by Crippen LogP contribution is -2.52. The first kappa shape index (κ1) is 22.0. The Hall–Kier alpha value is -3.23. The molecule has 0 aliphatic carbocycles. The molecule has 0 spiro atoms. The summed E-state index contributed by atoms with van der Waals surface area (Å²) in [4.78, 5) is 40.0. The van der Waals surface area contributed by atoms with E-state index in [1.54, 1.807) is 6.92 Å². The van der Waals surface area contributed by atoms with Crippen molar-refractivity contribution in [3.63, 3.8) is 0 Å². The van der Waals surface area contributed by atoms with E-state index in [0.717, 1.165) is 28.1 Å². The highest BCUT2D eigenvalue weighted by Crippen LogP contribution is 2.29. The highest BCUT2D eigenvalue weighted by Gasteiger charge is 2.48. The minimum absolute atomic E-state index is 0.0304. The van der Waals surface area contributed by atoms with Gasteiger partial charge in [-0.1, -0.05) is 54.6 Å². The summed E-state index contributed by atoms with van der Waals surface area (Å²) in [5.74, 6) is -0.951. The zero-order valence-corrected chi connectivity index (χ0v) is 18.1. The summed E-state index contributed by atoms with van der Waals surface area (Å²) in [5, 5.41) is 13.4. The third kappa shape index (κ3) is 4.37. The van der Waals surface area contributed by atoms with E-state index in [1.807, 2.05) is 59.5 Å². The molecule has 0 unspecified atom stereocenters. The molecule has 1 fully saturated rings. The average molecular weight is 437 g/mol. The van der Waals surface area contributed by atoms with Crippen molar-refractivity contribution in [3.8, 4) is 0 Å². The average Bonchev–Trinajstić information content (AvgIpc) is 3.01. The number of nitrogens with zero attached hydrogens (tertiary/aromatic N) is 2. The number of aliphatic hydroxyl groups is 1. The van der Waals surface area contributed by atoms with E-state index in [2.05, 4.69) is 10.7 Å². The van der Waals surface area contributed by atoms with Gasteiger partial charge in [0.2, 0.25) is 0 Å². The third-order valence-corrected chi connectivity index (χ3v) is 6.30. The second-order valence-electron chi connectivity index (χ2n) is 8.54. The molecule has 2 atom stereocenters. The van der Waals surface area contributed by atoms with E-state index in [1.165, 1.54) is 0 Å². The van der Waals surface area contributed by atoms with Gasteiger partial charge < -0.3 is 10.4 Å². The number of nitrogens with one attached hydrogen (secondary N) is 2. The lowest BCUT2D eigenvalue weighted by Gasteiger charge is -2.36. The van der Waals surface area contributed by atoms with E-state index < -0.39 is 23.4 Å². The standard InChI is InChI=1S/C24H28N4O4/c1-24(13-11-17-7-3-2-4-8-17)22(31)28(23(32)25-24)26-21(30)15-27-14-12-18-9-5-6-10-19(18)20(27)16-29/h2-10,20,29H,11-16H2,1H3,(H,25,32)(H,26,30)/t20-,24-/m1/s1. The van der Waals surface area contributed by atoms with Gasteiger partial charge in [-0.15, -0.1) is 0 Å². The molecule has 2 aromatic carbocycles. The summed E-state index contributed by atoms with van der Waals surface area (Å²) < 4.78 is 0. The molecule has 2 aromatic rings. The van der Waals surface area contributed by atoms with Gasteiger partial charge in [-0.05, 0) is 42.9 Å². The molecule has 1 saturated heterocycles. The number of benzene rings is 2. The summed E-state index contributed by atoms with van der Waals surface area (Å²) in [6, 6.07) is 16.6. The fraction of sp³-hybridized carbons (Fsp3) is 0.375. The van der Waals surface area contributed by atoms with Gasteiger partial charge in [0.15, 0.2) is 0 Å². The SMILES string of the molecule is C[C@]1(CCc2ccccc2)NC(=O)N(NC(=O)CN2CCc3ccccc3[C@H]2CO)C1=O. The number of carbonyl (C=O) groups is 3. The Labute approximate surface area is 187 Å². The number of aliphatic hydroxyl groups excluding tert-OH is 1. The number of urea groups is 1. The lowest BCUT2D eigenvalue weighted by molar-refractivity contribution is -0.139. The molecule has 4 amide bonds. The van der Waals surface area contributed by atoms with Crippen molar-refractivity contribution in [1.82, 2.24) is 20.7 Å². The van der Waals surface area contributed by atoms with Crippen LogP contribution in [0.2, 0.25) is 0 Å². The van der Waals surface area contributed by atoms with Crippen molar-refractivity contribution in [2.75, 3.05) is 19.7 Å². The fourth-order valence-electron chi connectivity index (χ4n) is 4.45. The molecule has 0 radical (unpaired) electrons. The Morgan fingerprint density at radius 2 is 1.88 bits per heavy atom. The molecule has 0 saturated carbocycles. The van der Waals surface area contributed by atoms with Crippen LogP contribution in [0, 0.1) is 0 Å². The first-order valence-corrected chi connectivity index (χ1v) is 10.8. The maximum atomic E-state index is 12.9. The van der Waals surface area contributed by atoms with Crippen LogP contribution in [0.3, 0.4) is 0 Å². The van der Waals surface area contributed by atoms with Crippen LogP contribution in [0.5, 0.6) is 0 Å². The largest absolute Gasteiger partial charge is 0.394 e. The number of hydrazine groups is 1. The molecule has 0 bridgehead atoms. The molecule has 2 aliphatic heterocycles.